The molecule has 0 radical (unpaired) electrons. The van der Waals surface area contributed by atoms with Crippen molar-refractivity contribution in [3.05, 3.63) is 11.6 Å². The number of rotatable bonds is 7. The molecule has 0 aromatic heterocycles. The molecular weight excluding hydrogens is 376 g/mol. The van der Waals surface area contributed by atoms with Crippen LogP contribution >= 0.6 is 0 Å². The average Bonchev–Trinajstić information content (AvgIpc) is 3.06. The molecule has 0 heterocycles. The summed E-state index contributed by atoms with van der Waals surface area (Å²) < 4.78 is 0. The molecule has 31 heavy (non-hydrogen) atoms. The smallest absolute Gasteiger partial charge is 0.0580 e. The molecular formula is C30H52O. The minimum Gasteiger partial charge on any atom is -0.393 e. The second kappa shape index (κ2) is 9.15. The molecule has 0 bridgehead atoms. The van der Waals surface area contributed by atoms with Crippen LogP contribution in [0, 0.1) is 52.3 Å². The van der Waals surface area contributed by atoms with E-state index in [-0.39, 0.29) is 6.10 Å². The monoisotopic (exact) mass is 428 g/mol. The fraction of sp³-hybridized carbons (Fsp3) is 0.933. The molecule has 0 saturated heterocycles. The summed E-state index contributed by atoms with van der Waals surface area (Å²) in [5, 5.41) is 10.6. The third-order valence-electron chi connectivity index (χ3n) is 11.2. The molecule has 1 heteroatoms. The van der Waals surface area contributed by atoms with E-state index in [1.807, 2.05) is 0 Å². The zero-order chi connectivity index (χ0) is 22.4. The van der Waals surface area contributed by atoms with Gasteiger partial charge in [0.05, 0.1) is 6.10 Å². The predicted molar refractivity (Wildman–Crippen MR) is 133 cm³/mol. The lowest BCUT2D eigenvalue weighted by Crippen LogP contribution is -2.53. The number of fused-ring (bicyclic) bond motifs is 5. The minimum atomic E-state index is -0.0937. The SMILES string of the molecule is CCCC1C[C@H](O)CC2=CC[C@H]3[C@@H]4CC[C@H]([C@H](C)CCCC(C)C)[C@@]4(C)CC[C@@H]3[C@]21C. The standard InChI is InChI=1S/C30H52O/c1-7-9-22-18-24(31)19-23-12-13-25-27-15-14-26(21(4)11-8-10-20(2)3)29(27,5)17-16-28(25)30(22,23)6/h12,20-22,24-28,31H,7-11,13-19H2,1-6H3/t21-,22?,24+,25+,26-,27+,28+,29-,30+/m1/s1. The van der Waals surface area contributed by atoms with E-state index in [0.29, 0.717) is 16.7 Å². The predicted octanol–water partition coefficient (Wildman–Crippen LogP) is 8.41. The van der Waals surface area contributed by atoms with Crippen molar-refractivity contribution in [2.75, 3.05) is 0 Å². The second-order valence-electron chi connectivity index (χ2n) is 13.2. The molecule has 0 amide bonds. The summed E-state index contributed by atoms with van der Waals surface area (Å²) in [4.78, 5) is 0. The summed E-state index contributed by atoms with van der Waals surface area (Å²) in [6, 6.07) is 0. The molecule has 0 aromatic rings. The first-order valence-electron chi connectivity index (χ1n) is 14.1. The van der Waals surface area contributed by atoms with Crippen molar-refractivity contribution < 1.29 is 5.11 Å². The number of hydrogen-bond acceptors (Lipinski definition) is 1. The van der Waals surface area contributed by atoms with Crippen molar-refractivity contribution in [2.45, 2.75) is 125 Å². The number of aliphatic hydroxyl groups is 1. The van der Waals surface area contributed by atoms with Gasteiger partial charge in [-0.2, -0.15) is 0 Å². The van der Waals surface area contributed by atoms with E-state index < -0.39 is 0 Å². The molecule has 178 valence electrons. The highest BCUT2D eigenvalue weighted by Crippen LogP contribution is 2.68. The molecule has 0 spiro atoms. The van der Waals surface area contributed by atoms with Crippen LogP contribution in [-0.4, -0.2) is 11.2 Å². The summed E-state index contributed by atoms with van der Waals surface area (Å²) in [5.74, 6) is 6.09. The normalized spacial score (nSPS) is 45.6. The van der Waals surface area contributed by atoms with Gasteiger partial charge in [-0.25, -0.2) is 0 Å². The number of aliphatic hydroxyl groups excluding tert-OH is 1. The Hall–Kier alpha value is -0.300. The van der Waals surface area contributed by atoms with Crippen LogP contribution in [0.5, 0.6) is 0 Å². The van der Waals surface area contributed by atoms with E-state index in [0.717, 1.165) is 48.3 Å². The van der Waals surface area contributed by atoms with Crippen molar-refractivity contribution in [3.8, 4) is 0 Å². The van der Waals surface area contributed by atoms with Crippen LogP contribution in [-0.2, 0) is 0 Å². The van der Waals surface area contributed by atoms with Crippen molar-refractivity contribution in [1.82, 2.24) is 0 Å². The Morgan fingerprint density at radius 2 is 1.84 bits per heavy atom. The Balaban J connectivity index is 1.54. The van der Waals surface area contributed by atoms with Crippen LogP contribution in [0.25, 0.3) is 0 Å². The van der Waals surface area contributed by atoms with E-state index in [4.69, 9.17) is 0 Å². The minimum absolute atomic E-state index is 0.0937. The quantitative estimate of drug-likeness (QED) is 0.403. The highest BCUT2D eigenvalue weighted by atomic mass is 16.3. The molecule has 1 nitrogen and oxygen atoms in total. The fourth-order valence-electron chi connectivity index (χ4n) is 9.67. The van der Waals surface area contributed by atoms with E-state index in [9.17, 15) is 5.11 Å². The highest BCUT2D eigenvalue weighted by Gasteiger charge is 2.60. The topological polar surface area (TPSA) is 20.2 Å². The Bertz CT molecular complexity index is 649. The fourth-order valence-corrected chi connectivity index (χ4v) is 9.67. The summed E-state index contributed by atoms with van der Waals surface area (Å²) >= 11 is 0. The van der Waals surface area contributed by atoms with Gasteiger partial charge in [-0.1, -0.05) is 78.9 Å². The summed E-state index contributed by atoms with van der Waals surface area (Å²) in [6.45, 7) is 15.0. The number of hydrogen-bond donors (Lipinski definition) is 1. The van der Waals surface area contributed by atoms with Crippen molar-refractivity contribution in [3.63, 3.8) is 0 Å². The lowest BCUT2D eigenvalue weighted by molar-refractivity contribution is -0.0807. The molecule has 0 aromatic carbocycles. The molecule has 1 unspecified atom stereocenters. The van der Waals surface area contributed by atoms with Crippen molar-refractivity contribution in [2.24, 2.45) is 52.3 Å². The van der Waals surface area contributed by atoms with E-state index in [1.54, 1.807) is 5.57 Å². The Kier molecular flexibility index (Phi) is 7.04. The van der Waals surface area contributed by atoms with Crippen LogP contribution in [0.15, 0.2) is 11.6 Å². The molecule has 9 atom stereocenters. The zero-order valence-corrected chi connectivity index (χ0v) is 21.6. The average molecular weight is 429 g/mol. The van der Waals surface area contributed by atoms with Gasteiger partial charge in [0.1, 0.15) is 0 Å². The van der Waals surface area contributed by atoms with Crippen LogP contribution in [0.2, 0.25) is 0 Å². The maximum Gasteiger partial charge on any atom is 0.0580 e. The molecule has 3 fully saturated rings. The van der Waals surface area contributed by atoms with Gasteiger partial charge in [0.2, 0.25) is 0 Å². The molecule has 1 N–H and O–H groups in total. The van der Waals surface area contributed by atoms with Gasteiger partial charge in [-0.3, -0.25) is 0 Å². The van der Waals surface area contributed by atoms with Crippen LogP contribution in [0.1, 0.15) is 119 Å². The van der Waals surface area contributed by atoms with Gasteiger partial charge in [-0.05, 0) is 104 Å². The molecule has 4 aliphatic rings. The third-order valence-corrected chi connectivity index (χ3v) is 11.2. The maximum atomic E-state index is 10.6. The van der Waals surface area contributed by atoms with E-state index >= 15 is 0 Å². The van der Waals surface area contributed by atoms with Crippen molar-refractivity contribution >= 4 is 0 Å². The summed E-state index contributed by atoms with van der Waals surface area (Å²) in [6.07, 6.45) is 18.5. The van der Waals surface area contributed by atoms with Gasteiger partial charge >= 0.3 is 0 Å². The third kappa shape index (κ3) is 4.08. The largest absolute Gasteiger partial charge is 0.393 e. The lowest BCUT2D eigenvalue weighted by atomic mass is 9.44. The highest BCUT2D eigenvalue weighted by molar-refractivity contribution is 5.27. The lowest BCUT2D eigenvalue weighted by Gasteiger charge is -2.60. The Morgan fingerprint density at radius 3 is 2.55 bits per heavy atom. The molecule has 0 aliphatic heterocycles. The maximum absolute atomic E-state index is 10.6. The summed E-state index contributed by atoms with van der Waals surface area (Å²) in [7, 11) is 0. The van der Waals surface area contributed by atoms with Crippen LogP contribution in [0.3, 0.4) is 0 Å². The Morgan fingerprint density at radius 1 is 1.06 bits per heavy atom. The van der Waals surface area contributed by atoms with Crippen molar-refractivity contribution in [1.29, 1.82) is 0 Å². The second-order valence-corrected chi connectivity index (χ2v) is 13.2. The number of allylic oxidation sites excluding steroid dienone is 1. The van der Waals surface area contributed by atoms with Crippen LogP contribution < -0.4 is 0 Å². The first kappa shape index (κ1) is 23.8. The molecule has 4 rings (SSSR count). The van der Waals surface area contributed by atoms with Gasteiger partial charge in [0.25, 0.3) is 0 Å². The summed E-state index contributed by atoms with van der Waals surface area (Å²) in [5.41, 5.74) is 2.58. The van der Waals surface area contributed by atoms with Gasteiger partial charge in [0.15, 0.2) is 0 Å². The first-order chi connectivity index (χ1) is 14.7. The Labute approximate surface area is 193 Å². The van der Waals surface area contributed by atoms with Crippen LogP contribution in [0.4, 0.5) is 0 Å². The van der Waals surface area contributed by atoms with Gasteiger partial charge in [-0.15, -0.1) is 0 Å². The zero-order valence-electron chi connectivity index (χ0n) is 21.6. The first-order valence-corrected chi connectivity index (χ1v) is 14.1. The molecule has 4 aliphatic carbocycles. The van der Waals surface area contributed by atoms with Gasteiger partial charge < -0.3 is 5.11 Å². The van der Waals surface area contributed by atoms with Gasteiger partial charge in [0, 0.05) is 0 Å². The van der Waals surface area contributed by atoms with E-state index in [2.05, 4.69) is 47.6 Å². The molecule has 3 saturated carbocycles. The van der Waals surface area contributed by atoms with E-state index in [1.165, 1.54) is 64.2 Å².